The number of aromatic nitrogens is 1. The van der Waals surface area contributed by atoms with Crippen molar-refractivity contribution in [3.8, 4) is 0 Å². The van der Waals surface area contributed by atoms with E-state index in [4.69, 9.17) is 5.11 Å². The fraction of sp³-hybridized carbons (Fsp3) is 0.0714. The molecule has 0 amide bonds. The molecule has 0 saturated heterocycles. The van der Waals surface area contributed by atoms with Gasteiger partial charge in [-0.3, -0.25) is 0 Å². The molecule has 0 fully saturated rings. The van der Waals surface area contributed by atoms with Crippen LogP contribution in [0.2, 0.25) is 0 Å². The molecule has 2 rings (SSSR count). The van der Waals surface area contributed by atoms with Crippen molar-refractivity contribution in [3.05, 3.63) is 54.7 Å². The number of pyridine rings is 1. The van der Waals surface area contributed by atoms with E-state index >= 15 is 0 Å². The van der Waals surface area contributed by atoms with E-state index in [1.54, 1.807) is 12.1 Å². The van der Waals surface area contributed by atoms with Crippen molar-refractivity contribution >= 4 is 45.9 Å². The molecule has 0 bridgehead atoms. The topological polar surface area (TPSA) is 76.5 Å². The maximum atomic E-state index is 10.6. The zero-order valence-corrected chi connectivity index (χ0v) is 12.5. The molecule has 0 unspecified atom stereocenters. The number of aromatic carboxylic acids is 1. The molecule has 0 radical (unpaired) electrons. The Morgan fingerprint density at radius 1 is 1.30 bits per heavy atom. The summed E-state index contributed by atoms with van der Waals surface area (Å²) in [5.74, 6) is -1.39. The predicted molar refractivity (Wildman–Crippen MR) is 78.9 cm³/mol. The molecule has 0 aliphatic rings. The summed E-state index contributed by atoms with van der Waals surface area (Å²) in [7, 11) is 1.31. The van der Waals surface area contributed by atoms with Crippen molar-refractivity contribution < 1.29 is 22.3 Å². The number of hydrogen-bond donors (Lipinski definition) is 1. The molecule has 0 aliphatic carbocycles. The van der Waals surface area contributed by atoms with Crippen LogP contribution in [0.3, 0.4) is 0 Å². The molecule has 1 N–H and O–H groups in total. The number of nitrogens with zero attached hydrogens (tertiary/aromatic N) is 1. The maximum absolute atomic E-state index is 10.6. The first-order valence-corrected chi connectivity index (χ1v) is 5.38. The molecular weight excluding hydrogens is 270 g/mol. The summed E-state index contributed by atoms with van der Waals surface area (Å²) in [6.45, 7) is 3.16. The first-order valence-electron chi connectivity index (χ1n) is 5.38. The number of para-hydroxylation sites is 1. The van der Waals surface area contributed by atoms with E-state index in [0.717, 1.165) is 11.5 Å². The smallest absolute Gasteiger partial charge is 1.00 e. The summed E-state index contributed by atoms with van der Waals surface area (Å²) >= 11 is 0. The van der Waals surface area contributed by atoms with E-state index in [0.29, 0.717) is 5.52 Å². The van der Waals surface area contributed by atoms with Crippen molar-refractivity contribution in [1.29, 1.82) is 0 Å². The molecule has 102 valence electrons. The van der Waals surface area contributed by atoms with Gasteiger partial charge in [-0.2, -0.15) is 0 Å². The van der Waals surface area contributed by atoms with Crippen molar-refractivity contribution in [2.24, 2.45) is 0 Å². The predicted octanol–water partition coefficient (Wildman–Crippen LogP) is 2.12. The summed E-state index contributed by atoms with van der Waals surface area (Å²) in [5.41, 5.74) is 0.793. The molecule has 0 atom stereocenters. The summed E-state index contributed by atoms with van der Waals surface area (Å²) in [4.78, 5) is 24.4. The number of carbonyl (C=O) groups excluding carboxylic acids is 1. The van der Waals surface area contributed by atoms with E-state index in [-0.39, 0.29) is 31.6 Å². The minimum absolute atomic E-state index is 0. The molecule has 0 aliphatic heterocycles. The van der Waals surface area contributed by atoms with Gasteiger partial charge in [0.15, 0.2) is 0 Å². The van der Waals surface area contributed by atoms with Crippen molar-refractivity contribution in [1.82, 2.24) is 4.98 Å². The molecule has 6 heteroatoms. The van der Waals surface area contributed by atoms with E-state index in [1.807, 2.05) is 18.2 Å². The third-order valence-electron chi connectivity index (χ3n) is 2.19. The van der Waals surface area contributed by atoms with Gasteiger partial charge in [-0.1, -0.05) is 30.8 Å². The third kappa shape index (κ3) is 5.37. The molecule has 0 saturated carbocycles. The van der Waals surface area contributed by atoms with Gasteiger partial charge in [0.05, 0.1) is 12.6 Å². The number of ether oxygens (including phenoxy) is 1. The Balaban J connectivity index is -0.000000355. The van der Waals surface area contributed by atoms with E-state index in [2.05, 4.69) is 16.3 Å². The van der Waals surface area contributed by atoms with Gasteiger partial charge < -0.3 is 12.7 Å². The molecule has 2 aromatic rings. The van der Waals surface area contributed by atoms with E-state index in [1.165, 1.54) is 13.2 Å². The molecule has 1 aromatic carbocycles. The first kappa shape index (κ1) is 18.1. The van der Waals surface area contributed by atoms with Crippen LogP contribution in [0.5, 0.6) is 0 Å². The van der Waals surface area contributed by atoms with Gasteiger partial charge in [0.2, 0.25) is 0 Å². The maximum Gasteiger partial charge on any atom is 2.00 e. The van der Waals surface area contributed by atoms with Gasteiger partial charge in [-0.15, -0.1) is 0 Å². The van der Waals surface area contributed by atoms with E-state index in [9.17, 15) is 9.59 Å². The van der Waals surface area contributed by atoms with Crippen LogP contribution in [-0.4, -0.2) is 52.2 Å². The Hall–Kier alpha value is -1.92. The summed E-state index contributed by atoms with van der Waals surface area (Å²) in [6, 6.07) is 10.7. The zero-order valence-electron chi connectivity index (χ0n) is 13.1. The Kier molecular flexibility index (Phi) is 8.18. The minimum atomic E-state index is -0.995. The normalized spacial score (nSPS) is 8.65. The number of carboxylic acids is 1. The van der Waals surface area contributed by atoms with E-state index < -0.39 is 11.9 Å². The van der Waals surface area contributed by atoms with Crippen molar-refractivity contribution in [3.63, 3.8) is 0 Å². The fourth-order valence-electron chi connectivity index (χ4n) is 1.27. The Bertz CT molecular complexity index is 623. The number of carbonyl (C=O) groups is 2. The van der Waals surface area contributed by atoms with Crippen molar-refractivity contribution in [2.75, 3.05) is 7.11 Å². The number of carboxylic acid groups (broad SMARTS) is 1. The van der Waals surface area contributed by atoms with Crippen LogP contribution < -0.4 is 0 Å². The number of hydrogen-bond acceptors (Lipinski definition) is 4. The van der Waals surface area contributed by atoms with Crippen LogP contribution in [-0.2, 0) is 9.53 Å². The van der Waals surface area contributed by atoms with Gasteiger partial charge in [-0.25, -0.2) is 14.6 Å². The largest absolute Gasteiger partial charge is 2.00 e. The van der Waals surface area contributed by atoms with Gasteiger partial charge in [0.1, 0.15) is 5.69 Å². The van der Waals surface area contributed by atoms with Crippen LogP contribution in [0.1, 0.15) is 13.3 Å². The zero-order chi connectivity index (χ0) is 14.3. The van der Waals surface area contributed by atoms with Crippen molar-refractivity contribution in [2.45, 2.75) is 0 Å². The Labute approximate surface area is 135 Å². The Morgan fingerprint density at radius 3 is 2.45 bits per heavy atom. The standard InChI is InChI=1S/C10H7NO2.C4H6O2.Mg.2H/c12-10(13)9-6-5-7-3-1-2-4-8(7)11-9;1-3-4(5)6-2;;;/h1-6H,(H,12,13);3H,1H2,2H3;;;/q;;+2;2*-1. The molecule has 1 heterocycles. The van der Waals surface area contributed by atoms with Gasteiger partial charge in [0, 0.05) is 11.5 Å². The van der Waals surface area contributed by atoms with Gasteiger partial charge in [0.25, 0.3) is 0 Å². The molecule has 5 nitrogen and oxygen atoms in total. The second-order valence-electron chi connectivity index (χ2n) is 3.42. The number of rotatable bonds is 2. The van der Waals surface area contributed by atoms with Gasteiger partial charge in [-0.05, 0) is 12.1 Å². The van der Waals surface area contributed by atoms with Crippen LogP contribution in [0.4, 0.5) is 0 Å². The third-order valence-corrected chi connectivity index (χ3v) is 2.19. The summed E-state index contributed by atoms with van der Waals surface area (Å²) in [5, 5.41) is 9.63. The van der Waals surface area contributed by atoms with Crippen LogP contribution in [0, 0.1) is 0 Å². The molecule has 20 heavy (non-hydrogen) atoms. The minimum Gasteiger partial charge on any atom is -1.00 e. The average molecular weight is 286 g/mol. The van der Waals surface area contributed by atoms with Crippen LogP contribution in [0.25, 0.3) is 10.9 Å². The SMILES string of the molecule is C=CC(=O)OC.O=C(O)c1ccc2ccccc2n1.[H-].[H-].[Mg+2]. The van der Waals surface area contributed by atoms with Gasteiger partial charge >= 0.3 is 35.0 Å². The summed E-state index contributed by atoms with van der Waals surface area (Å²) in [6.07, 6.45) is 1.11. The molecule has 0 spiro atoms. The number of methoxy groups -OCH3 is 1. The van der Waals surface area contributed by atoms with Crippen LogP contribution in [0.15, 0.2) is 49.1 Å². The second-order valence-corrected chi connectivity index (χ2v) is 3.42. The number of esters is 1. The molecule has 1 aromatic heterocycles. The Morgan fingerprint density at radius 2 is 1.95 bits per heavy atom. The quantitative estimate of drug-likeness (QED) is 0.519. The van der Waals surface area contributed by atoms with Crippen LogP contribution >= 0.6 is 0 Å². The number of benzene rings is 1. The summed E-state index contributed by atoms with van der Waals surface area (Å²) < 4.78 is 4.14. The number of fused-ring (bicyclic) bond motifs is 1. The molecular formula is C14H15MgNO4. The monoisotopic (exact) mass is 285 g/mol. The average Bonchev–Trinajstić information content (AvgIpc) is 2.46. The fourth-order valence-corrected chi connectivity index (χ4v) is 1.27. The second kappa shape index (κ2) is 9.06. The first-order chi connectivity index (χ1) is 9.08.